The number of benzene rings is 2. The smallest absolute Gasteiger partial charge is 0.0992 e. The van der Waals surface area contributed by atoms with Crippen LogP contribution < -0.4 is 5.32 Å². The molecule has 0 saturated carbocycles. The zero-order valence-corrected chi connectivity index (χ0v) is 12.5. The second-order valence-corrected chi connectivity index (χ2v) is 5.51. The first-order chi connectivity index (χ1) is 10.2. The Kier molecular flexibility index (Phi) is 3.74. The number of H-pyrrole nitrogens is 1. The Morgan fingerprint density at radius 1 is 1.14 bits per heavy atom. The van der Waals surface area contributed by atoms with E-state index in [1.165, 1.54) is 0 Å². The van der Waals surface area contributed by atoms with Gasteiger partial charge < -0.3 is 10.3 Å². The maximum atomic E-state index is 8.93. The molecule has 0 aliphatic heterocycles. The summed E-state index contributed by atoms with van der Waals surface area (Å²) in [6.45, 7) is 0.607. The van der Waals surface area contributed by atoms with Gasteiger partial charge in [0.05, 0.1) is 22.3 Å². The Hall–Kier alpha value is -2.15. The molecule has 0 atom stereocenters. The van der Waals surface area contributed by atoms with Crippen molar-refractivity contribution in [2.45, 2.75) is 6.54 Å². The molecule has 0 aliphatic rings. The van der Waals surface area contributed by atoms with E-state index in [9.17, 15) is 0 Å². The monoisotopic (exact) mass is 315 g/mol. The minimum Gasteiger partial charge on any atom is -0.380 e. The number of anilines is 1. The number of halogens is 2. The van der Waals surface area contributed by atoms with Gasteiger partial charge in [-0.1, -0.05) is 29.3 Å². The summed E-state index contributed by atoms with van der Waals surface area (Å²) in [4.78, 5) is 3.19. The predicted molar refractivity (Wildman–Crippen MR) is 86.8 cm³/mol. The summed E-state index contributed by atoms with van der Waals surface area (Å²) in [5, 5.41) is 14.6. The number of nitrogens with zero attached hydrogens (tertiary/aromatic N) is 1. The molecule has 2 N–H and O–H groups in total. The zero-order valence-electron chi connectivity index (χ0n) is 11.0. The molecule has 3 nitrogen and oxygen atoms in total. The van der Waals surface area contributed by atoms with Crippen molar-refractivity contribution >= 4 is 39.8 Å². The van der Waals surface area contributed by atoms with Crippen molar-refractivity contribution in [2.75, 3.05) is 5.32 Å². The van der Waals surface area contributed by atoms with Crippen LogP contribution in [0.2, 0.25) is 10.0 Å². The topological polar surface area (TPSA) is 51.6 Å². The predicted octanol–water partition coefficient (Wildman–Crippen LogP) is 4.96. The Morgan fingerprint density at radius 2 is 2.00 bits per heavy atom. The van der Waals surface area contributed by atoms with E-state index in [4.69, 9.17) is 28.5 Å². The highest BCUT2D eigenvalue weighted by atomic mass is 35.5. The van der Waals surface area contributed by atoms with Crippen molar-refractivity contribution in [1.82, 2.24) is 4.98 Å². The third-order valence-corrected chi connectivity index (χ3v) is 3.86. The molecule has 104 valence electrons. The average Bonchev–Trinajstić information content (AvgIpc) is 2.88. The standard InChI is InChI=1S/C16H11Cl2N3/c17-12-2-3-13-11(8-20-15(13)6-12)9-21-16-5-10(7-19)1-4-14(16)18/h1-6,8,20-21H,9H2. The van der Waals surface area contributed by atoms with Crippen LogP contribution in [-0.4, -0.2) is 4.98 Å². The molecule has 0 amide bonds. The summed E-state index contributed by atoms with van der Waals surface area (Å²) < 4.78 is 0. The Morgan fingerprint density at radius 3 is 2.81 bits per heavy atom. The largest absolute Gasteiger partial charge is 0.380 e. The molecule has 1 aromatic heterocycles. The van der Waals surface area contributed by atoms with Crippen molar-refractivity contribution < 1.29 is 0 Å². The first kappa shape index (κ1) is 13.8. The van der Waals surface area contributed by atoms with Gasteiger partial charge in [0, 0.05) is 28.7 Å². The molecule has 3 aromatic rings. The van der Waals surface area contributed by atoms with Crippen molar-refractivity contribution in [2.24, 2.45) is 0 Å². The van der Waals surface area contributed by atoms with Crippen LogP contribution in [0.1, 0.15) is 11.1 Å². The van der Waals surface area contributed by atoms with Gasteiger partial charge in [0.15, 0.2) is 0 Å². The number of aromatic nitrogens is 1. The highest BCUT2D eigenvalue weighted by Crippen LogP contribution is 2.26. The molecule has 0 radical (unpaired) electrons. The first-order valence-electron chi connectivity index (χ1n) is 6.36. The molecule has 21 heavy (non-hydrogen) atoms. The van der Waals surface area contributed by atoms with Gasteiger partial charge in [-0.15, -0.1) is 0 Å². The number of nitriles is 1. The van der Waals surface area contributed by atoms with Gasteiger partial charge in [-0.3, -0.25) is 0 Å². The van der Waals surface area contributed by atoms with Crippen molar-refractivity contribution in [3.63, 3.8) is 0 Å². The Bertz CT molecular complexity index is 846. The van der Waals surface area contributed by atoms with E-state index in [0.717, 1.165) is 22.2 Å². The molecular formula is C16H11Cl2N3. The number of aromatic amines is 1. The van der Waals surface area contributed by atoms with Crippen LogP contribution in [0.5, 0.6) is 0 Å². The third kappa shape index (κ3) is 2.82. The quantitative estimate of drug-likeness (QED) is 0.717. The van der Waals surface area contributed by atoms with Gasteiger partial charge in [-0.25, -0.2) is 0 Å². The van der Waals surface area contributed by atoms with Gasteiger partial charge in [0.1, 0.15) is 0 Å². The lowest BCUT2D eigenvalue weighted by molar-refractivity contribution is 1.16. The van der Waals surface area contributed by atoms with E-state index in [-0.39, 0.29) is 0 Å². The van der Waals surface area contributed by atoms with Gasteiger partial charge in [-0.2, -0.15) is 5.26 Å². The summed E-state index contributed by atoms with van der Waals surface area (Å²) in [5.74, 6) is 0. The molecule has 0 unspecified atom stereocenters. The second-order valence-electron chi connectivity index (χ2n) is 4.66. The summed E-state index contributed by atoms with van der Waals surface area (Å²) in [6.07, 6.45) is 1.94. The van der Waals surface area contributed by atoms with Crippen LogP contribution >= 0.6 is 23.2 Å². The summed E-state index contributed by atoms with van der Waals surface area (Å²) in [7, 11) is 0. The molecule has 0 spiro atoms. The van der Waals surface area contributed by atoms with E-state index < -0.39 is 0 Å². The molecule has 0 fully saturated rings. The summed E-state index contributed by atoms with van der Waals surface area (Å²) in [5.41, 5.74) is 3.43. The minimum absolute atomic E-state index is 0.576. The van der Waals surface area contributed by atoms with Crippen LogP contribution in [0.15, 0.2) is 42.6 Å². The SMILES string of the molecule is N#Cc1ccc(Cl)c(NCc2c[nH]c3cc(Cl)ccc23)c1. The highest BCUT2D eigenvalue weighted by molar-refractivity contribution is 6.33. The van der Waals surface area contributed by atoms with Gasteiger partial charge in [0.2, 0.25) is 0 Å². The third-order valence-electron chi connectivity index (χ3n) is 3.29. The van der Waals surface area contributed by atoms with Crippen LogP contribution in [0.4, 0.5) is 5.69 Å². The van der Waals surface area contributed by atoms with E-state index in [2.05, 4.69) is 16.4 Å². The average molecular weight is 316 g/mol. The van der Waals surface area contributed by atoms with Gasteiger partial charge >= 0.3 is 0 Å². The number of fused-ring (bicyclic) bond motifs is 1. The molecule has 2 aromatic carbocycles. The number of nitrogens with one attached hydrogen (secondary N) is 2. The van der Waals surface area contributed by atoms with E-state index in [1.807, 2.05) is 24.4 Å². The Balaban J connectivity index is 1.85. The Labute approximate surface area is 132 Å². The molecule has 3 rings (SSSR count). The maximum absolute atomic E-state index is 8.93. The van der Waals surface area contributed by atoms with Crippen LogP contribution in [0, 0.1) is 11.3 Å². The van der Waals surface area contributed by atoms with Crippen molar-refractivity contribution in [1.29, 1.82) is 5.26 Å². The maximum Gasteiger partial charge on any atom is 0.0992 e. The van der Waals surface area contributed by atoms with E-state index in [1.54, 1.807) is 18.2 Å². The van der Waals surface area contributed by atoms with E-state index >= 15 is 0 Å². The minimum atomic E-state index is 0.576. The zero-order chi connectivity index (χ0) is 14.8. The molecule has 0 aliphatic carbocycles. The summed E-state index contributed by atoms with van der Waals surface area (Å²) >= 11 is 12.1. The van der Waals surface area contributed by atoms with Crippen LogP contribution in [0.25, 0.3) is 10.9 Å². The second kappa shape index (κ2) is 5.69. The molecule has 1 heterocycles. The lowest BCUT2D eigenvalue weighted by Gasteiger charge is -2.08. The van der Waals surface area contributed by atoms with Crippen LogP contribution in [0.3, 0.4) is 0 Å². The molecule has 5 heteroatoms. The van der Waals surface area contributed by atoms with Crippen molar-refractivity contribution in [3.8, 4) is 6.07 Å². The first-order valence-corrected chi connectivity index (χ1v) is 7.12. The summed E-state index contributed by atoms with van der Waals surface area (Å²) in [6, 6.07) is 13.0. The van der Waals surface area contributed by atoms with Gasteiger partial charge in [0.25, 0.3) is 0 Å². The fourth-order valence-corrected chi connectivity index (χ4v) is 2.58. The van der Waals surface area contributed by atoms with Crippen molar-refractivity contribution in [3.05, 3.63) is 63.8 Å². The number of hydrogen-bond donors (Lipinski definition) is 2. The lowest BCUT2D eigenvalue weighted by Crippen LogP contribution is -1.99. The molecule has 0 saturated heterocycles. The van der Waals surface area contributed by atoms with Gasteiger partial charge in [-0.05, 0) is 35.9 Å². The highest BCUT2D eigenvalue weighted by Gasteiger charge is 2.06. The fourth-order valence-electron chi connectivity index (χ4n) is 2.23. The lowest BCUT2D eigenvalue weighted by atomic mass is 10.1. The molecule has 0 bridgehead atoms. The molecular weight excluding hydrogens is 305 g/mol. The van der Waals surface area contributed by atoms with E-state index in [0.29, 0.717) is 22.2 Å². The number of hydrogen-bond acceptors (Lipinski definition) is 2. The fraction of sp³-hybridized carbons (Fsp3) is 0.0625. The normalized spacial score (nSPS) is 10.5. The number of rotatable bonds is 3. The van der Waals surface area contributed by atoms with Crippen LogP contribution in [-0.2, 0) is 6.54 Å².